The van der Waals surface area contributed by atoms with Crippen LogP contribution in [0.1, 0.15) is 25.7 Å². The number of amides is 2. The molecule has 6 nitrogen and oxygen atoms in total. The number of carbonyl (C=O) groups excluding carboxylic acids is 2. The summed E-state index contributed by atoms with van der Waals surface area (Å²) in [6, 6.07) is 17.9. The fraction of sp³-hybridized carbons (Fsp3) is 0.0526. The number of hydrogen-bond acceptors (Lipinski definition) is 5. The summed E-state index contributed by atoms with van der Waals surface area (Å²) in [7, 11) is 0. The zero-order chi connectivity index (χ0) is 19.2. The number of aromatic nitrogens is 1. The van der Waals surface area contributed by atoms with E-state index in [9.17, 15) is 9.59 Å². The van der Waals surface area contributed by atoms with E-state index >= 15 is 0 Å². The van der Waals surface area contributed by atoms with Gasteiger partial charge in [-0.05, 0) is 43.4 Å². The first kappa shape index (κ1) is 18.7. The Hall–Kier alpha value is -3.10. The van der Waals surface area contributed by atoms with E-state index in [1.54, 1.807) is 31.2 Å². The lowest BCUT2D eigenvalue weighted by atomic mass is 10.2. The highest BCUT2D eigenvalue weighted by Crippen LogP contribution is 2.23. The lowest BCUT2D eigenvalue weighted by Crippen LogP contribution is -2.34. The predicted molar refractivity (Wildman–Crippen MR) is 111 cm³/mol. The Morgan fingerprint density at radius 2 is 1.56 bits per heavy atom. The van der Waals surface area contributed by atoms with Crippen LogP contribution < -0.4 is 16.0 Å². The number of para-hydroxylation sites is 1. The summed E-state index contributed by atoms with van der Waals surface area (Å²) in [4.78, 5) is 29.3. The number of aryl methyl sites for hydroxylation is 1. The van der Waals surface area contributed by atoms with Crippen molar-refractivity contribution in [1.29, 1.82) is 0 Å². The number of rotatable bonds is 4. The fourth-order valence-electron chi connectivity index (χ4n) is 2.26. The van der Waals surface area contributed by atoms with Crippen molar-refractivity contribution in [1.82, 2.24) is 10.3 Å². The summed E-state index contributed by atoms with van der Waals surface area (Å²) < 4.78 is 0. The van der Waals surface area contributed by atoms with E-state index in [0.29, 0.717) is 27.0 Å². The molecule has 1 aromatic heterocycles. The molecule has 3 N–H and O–H groups in total. The zero-order valence-electron chi connectivity index (χ0n) is 14.4. The van der Waals surface area contributed by atoms with Gasteiger partial charge in [-0.2, -0.15) is 0 Å². The van der Waals surface area contributed by atoms with Gasteiger partial charge in [-0.25, -0.2) is 4.98 Å². The largest absolute Gasteiger partial charge is 0.321 e. The molecule has 0 unspecified atom stereocenters. The molecule has 0 fully saturated rings. The van der Waals surface area contributed by atoms with Crippen molar-refractivity contribution in [2.75, 3.05) is 10.6 Å². The summed E-state index contributed by atoms with van der Waals surface area (Å²) in [5.41, 5.74) is 1.78. The summed E-state index contributed by atoms with van der Waals surface area (Å²) in [6.07, 6.45) is 0. The van der Waals surface area contributed by atoms with Crippen LogP contribution in [0, 0.1) is 6.92 Å². The van der Waals surface area contributed by atoms with Gasteiger partial charge in [0.15, 0.2) is 10.2 Å². The van der Waals surface area contributed by atoms with Gasteiger partial charge in [0.1, 0.15) is 4.88 Å². The molecule has 0 saturated carbocycles. The van der Waals surface area contributed by atoms with Gasteiger partial charge in [0.05, 0.1) is 5.69 Å². The highest BCUT2D eigenvalue weighted by atomic mass is 32.1. The minimum atomic E-state index is -0.316. The molecule has 3 aromatic rings. The van der Waals surface area contributed by atoms with Crippen molar-refractivity contribution >= 4 is 51.3 Å². The third-order valence-corrected chi connectivity index (χ3v) is 4.79. The normalized spacial score (nSPS) is 10.1. The van der Waals surface area contributed by atoms with Gasteiger partial charge in [0, 0.05) is 11.3 Å². The molecule has 8 heteroatoms. The lowest BCUT2D eigenvalue weighted by molar-refractivity contribution is 0.0976. The van der Waals surface area contributed by atoms with E-state index in [-0.39, 0.29) is 16.9 Å². The lowest BCUT2D eigenvalue weighted by Gasteiger charge is -2.06. The molecule has 0 aliphatic heterocycles. The first-order valence-electron chi connectivity index (χ1n) is 8.04. The number of benzene rings is 2. The molecule has 3 rings (SSSR count). The first-order valence-corrected chi connectivity index (χ1v) is 9.26. The smallest absolute Gasteiger partial charge is 0.267 e. The average Bonchev–Trinajstić information content (AvgIpc) is 3.03. The highest BCUT2D eigenvalue weighted by Gasteiger charge is 2.16. The summed E-state index contributed by atoms with van der Waals surface area (Å²) >= 11 is 6.32. The molecule has 0 bridgehead atoms. The molecule has 0 radical (unpaired) electrons. The van der Waals surface area contributed by atoms with Gasteiger partial charge in [-0.1, -0.05) is 47.7 Å². The Bertz CT molecular complexity index is 972. The average molecular weight is 396 g/mol. The predicted octanol–water partition coefficient (Wildman–Crippen LogP) is 3.83. The molecular weight excluding hydrogens is 380 g/mol. The van der Waals surface area contributed by atoms with Gasteiger partial charge < -0.3 is 10.6 Å². The second kappa shape index (κ2) is 8.52. The Morgan fingerprint density at radius 1 is 0.926 bits per heavy atom. The minimum absolute atomic E-state index is 0.118. The molecule has 0 aliphatic carbocycles. The Balaban J connectivity index is 1.63. The summed E-state index contributed by atoms with van der Waals surface area (Å²) in [5.74, 6) is -0.563. The van der Waals surface area contributed by atoms with E-state index < -0.39 is 0 Å². The van der Waals surface area contributed by atoms with Crippen molar-refractivity contribution in [2.24, 2.45) is 0 Å². The quantitative estimate of drug-likeness (QED) is 0.584. The van der Waals surface area contributed by atoms with Crippen LogP contribution in [-0.2, 0) is 0 Å². The molecule has 0 saturated heterocycles. The molecule has 1 heterocycles. The number of thiazole rings is 1. The van der Waals surface area contributed by atoms with Crippen molar-refractivity contribution in [3.63, 3.8) is 0 Å². The first-order chi connectivity index (χ1) is 13.0. The maximum absolute atomic E-state index is 12.4. The number of nitrogens with zero attached hydrogens (tertiary/aromatic N) is 1. The number of hydrogen-bond donors (Lipinski definition) is 3. The fourth-order valence-corrected chi connectivity index (χ4v) is 3.38. The molecule has 2 amide bonds. The van der Waals surface area contributed by atoms with Crippen LogP contribution in [0.5, 0.6) is 0 Å². The Kier molecular flexibility index (Phi) is 5.90. The topological polar surface area (TPSA) is 83.1 Å². The SMILES string of the molecule is Cc1nc(NC(=S)NC(=O)c2ccccc2)sc1C(=O)Nc1ccccc1. The molecule has 0 spiro atoms. The number of thiocarbonyl (C=S) groups is 1. The summed E-state index contributed by atoms with van der Waals surface area (Å²) in [6.45, 7) is 1.74. The van der Waals surface area contributed by atoms with Crippen LogP contribution in [0.2, 0.25) is 0 Å². The molecule has 0 atom stereocenters. The van der Waals surface area contributed by atoms with E-state index in [4.69, 9.17) is 12.2 Å². The molecular formula is C19H16N4O2S2. The third-order valence-electron chi connectivity index (χ3n) is 3.52. The van der Waals surface area contributed by atoms with Gasteiger partial charge in [-0.15, -0.1) is 0 Å². The van der Waals surface area contributed by atoms with Crippen molar-refractivity contribution in [2.45, 2.75) is 6.92 Å². The van der Waals surface area contributed by atoms with Crippen LogP contribution in [0.3, 0.4) is 0 Å². The van der Waals surface area contributed by atoms with Crippen molar-refractivity contribution < 1.29 is 9.59 Å². The van der Waals surface area contributed by atoms with E-state index in [1.165, 1.54) is 11.3 Å². The number of carbonyl (C=O) groups is 2. The molecule has 136 valence electrons. The maximum atomic E-state index is 12.4. The Morgan fingerprint density at radius 3 is 2.22 bits per heavy atom. The zero-order valence-corrected chi connectivity index (χ0v) is 16.0. The van der Waals surface area contributed by atoms with Crippen LogP contribution in [-0.4, -0.2) is 21.9 Å². The molecule has 2 aromatic carbocycles. The van der Waals surface area contributed by atoms with Gasteiger partial charge in [0.25, 0.3) is 11.8 Å². The van der Waals surface area contributed by atoms with Gasteiger partial charge >= 0.3 is 0 Å². The number of nitrogens with one attached hydrogen (secondary N) is 3. The number of anilines is 2. The molecule has 0 aliphatic rings. The monoisotopic (exact) mass is 396 g/mol. The van der Waals surface area contributed by atoms with E-state index in [1.807, 2.05) is 36.4 Å². The van der Waals surface area contributed by atoms with Gasteiger partial charge in [0.2, 0.25) is 0 Å². The van der Waals surface area contributed by atoms with Crippen LogP contribution >= 0.6 is 23.6 Å². The molecule has 27 heavy (non-hydrogen) atoms. The Labute approximate surface area is 165 Å². The van der Waals surface area contributed by atoms with Crippen LogP contribution in [0.15, 0.2) is 60.7 Å². The third kappa shape index (κ3) is 4.96. The standard InChI is InChI=1S/C19H16N4O2S2/c1-12-15(17(25)21-14-10-6-3-7-11-14)27-19(20-12)23-18(26)22-16(24)13-8-4-2-5-9-13/h2-11H,1H3,(H,21,25)(H2,20,22,23,24,26). The van der Waals surface area contributed by atoms with Crippen LogP contribution in [0.4, 0.5) is 10.8 Å². The minimum Gasteiger partial charge on any atom is -0.321 e. The van der Waals surface area contributed by atoms with E-state index in [2.05, 4.69) is 20.9 Å². The van der Waals surface area contributed by atoms with Crippen molar-refractivity contribution in [3.05, 3.63) is 76.8 Å². The second-order valence-electron chi connectivity index (χ2n) is 5.53. The highest BCUT2D eigenvalue weighted by molar-refractivity contribution is 7.80. The summed E-state index contributed by atoms with van der Waals surface area (Å²) in [5, 5.41) is 8.81. The maximum Gasteiger partial charge on any atom is 0.267 e. The van der Waals surface area contributed by atoms with Crippen LogP contribution in [0.25, 0.3) is 0 Å². The van der Waals surface area contributed by atoms with Gasteiger partial charge in [-0.3, -0.25) is 14.9 Å². The second-order valence-corrected chi connectivity index (χ2v) is 6.94. The van der Waals surface area contributed by atoms with E-state index in [0.717, 1.165) is 0 Å². The van der Waals surface area contributed by atoms with Crippen molar-refractivity contribution in [3.8, 4) is 0 Å².